The highest BCUT2D eigenvalue weighted by atomic mass is 16.3. The Balaban J connectivity index is 1.93. The Morgan fingerprint density at radius 2 is 1.92 bits per heavy atom. The zero-order valence-corrected chi connectivity index (χ0v) is 15.4. The number of anilines is 2. The van der Waals surface area contributed by atoms with Gasteiger partial charge in [0, 0.05) is 39.9 Å². The molecule has 0 saturated carbocycles. The summed E-state index contributed by atoms with van der Waals surface area (Å²) in [6.45, 7) is 3.58. The van der Waals surface area contributed by atoms with Crippen molar-refractivity contribution in [3.63, 3.8) is 0 Å². The summed E-state index contributed by atoms with van der Waals surface area (Å²) in [5.74, 6) is 0.943. The van der Waals surface area contributed by atoms with E-state index >= 15 is 0 Å². The third-order valence-corrected chi connectivity index (χ3v) is 4.43. The van der Waals surface area contributed by atoms with Crippen LogP contribution in [-0.2, 0) is 13.6 Å². The fraction of sp³-hybridized carbons (Fsp3) is 0.350. The highest BCUT2D eigenvalue weighted by Crippen LogP contribution is 2.23. The summed E-state index contributed by atoms with van der Waals surface area (Å²) in [5, 5.41) is 9.46. The van der Waals surface area contributed by atoms with Crippen LogP contribution >= 0.6 is 0 Å². The van der Waals surface area contributed by atoms with Crippen LogP contribution in [0.4, 0.5) is 11.6 Å². The number of benzene rings is 2. The monoisotopic (exact) mass is 338 g/mol. The van der Waals surface area contributed by atoms with Crippen molar-refractivity contribution in [1.29, 1.82) is 0 Å². The molecule has 25 heavy (non-hydrogen) atoms. The number of hydrogen-bond acceptors (Lipinski definition) is 4. The minimum Gasteiger partial charge on any atom is -0.395 e. The maximum absolute atomic E-state index is 9.46. The van der Waals surface area contributed by atoms with Gasteiger partial charge in [0.2, 0.25) is 5.95 Å². The van der Waals surface area contributed by atoms with Crippen LogP contribution in [0.2, 0.25) is 0 Å². The van der Waals surface area contributed by atoms with Crippen molar-refractivity contribution >= 4 is 22.7 Å². The third-order valence-electron chi connectivity index (χ3n) is 4.43. The Labute approximate surface area is 149 Å². The van der Waals surface area contributed by atoms with E-state index < -0.39 is 0 Å². The van der Waals surface area contributed by atoms with Crippen LogP contribution in [0.3, 0.4) is 0 Å². The van der Waals surface area contributed by atoms with E-state index in [0.29, 0.717) is 6.54 Å². The lowest BCUT2D eigenvalue weighted by molar-refractivity contribution is 0.301. The Hall–Kier alpha value is -2.53. The minimum absolute atomic E-state index is 0.132. The quantitative estimate of drug-likeness (QED) is 0.750. The fourth-order valence-electron chi connectivity index (χ4n) is 3.19. The van der Waals surface area contributed by atoms with Crippen molar-refractivity contribution in [2.75, 3.05) is 37.0 Å². The van der Waals surface area contributed by atoms with Crippen molar-refractivity contribution in [3.05, 3.63) is 53.6 Å². The van der Waals surface area contributed by atoms with Crippen molar-refractivity contribution in [2.24, 2.45) is 7.05 Å². The predicted molar refractivity (Wildman–Crippen MR) is 104 cm³/mol. The molecule has 3 aromatic rings. The van der Waals surface area contributed by atoms with E-state index in [1.165, 1.54) is 11.1 Å². The lowest BCUT2D eigenvalue weighted by Gasteiger charge is -2.24. The molecule has 1 aromatic heterocycles. The first-order valence-electron chi connectivity index (χ1n) is 8.54. The zero-order valence-electron chi connectivity index (χ0n) is 15.4. The topological polar surface area (TPSA) is 44.5 Å². The number of aromatic nitrogens is 2. The van der Waals surface area contributed by atoms with E-state index in [2.05, 4.69) is 63.8 Å². The number of fused-ring (bicyclic) bond motifs is 1. The van der Waals surface area contributed by atoms with Gasteiger partial charge < -0.3 is 19.5 Å². The molecule has 0 aliphatic heterocycles. The summed E-state index contributed by atoms with van der Waals surface area (Å²) in [6.07, 6.45) is 0. The third kappa shape index (κ3) is 3.61. The van der Waals surface area contributed by atoms with E-state index in [1.807, 2.05) is 26.0 Å². The normalized spacial score (nSPS) is 11.1. The lowest BCUT2D eigenvalue weighted by atomic mass is 10.1. The second kappa shape index (κ2) is 7.15. The molecule has 0 radical (unpaired) electrons. The van der Waals surface area contributed by atoms with Gasteiger partial charge in [-0.2, -0.15) is 0 Å². The second-order valence-electron chi connectivity index (χ2n) is 6.67. The summed E-state index contributed by atoms with van der Waals surface area (Å²) >= 11 is 0. The molecule has 2 aromatic carbocycles. The molecule has 0 spiro atoms. The second-order valence-corrected chi connectivity index (χ2v) is 6.67. The number of aliphatic hydroxyl groups excluding tert-OH is 1. The fourth-order valence-corrected chi connectivity index (χ4v) is 3.19. The first kappa shape index (κ1) is 17.3. The molecular weight excluding hydrogens is 312 g/mol. The van der Waals surface area contributed by atoms with Gasteiger partial charge in [0.15, 0.2) is 0 Å². The summed E-state index contributed by atoms with van der Waals surface area (Å²) < 4.78 is 2.11. The highest BCUT2D eigenvalue weighted by molar-refractivity contribution is 5.79. The molecule has 0 aliphatic rings. The minimum atomic E-state index is 0.132. The van der Waals surface area contributed by atoms with E-state index in [9.17, 15) is 5.11 Å². The summed E-state index contributed by atoms with van der Waals surface area (Å²) in [4.78, 5) is 8.90. The molecule has 5 nitrogen and oxygen atoms in total. The van der Waals surface area contributed by atoms with Crippen molar-refractivity contribution in [3.8, 4) is 0 Å². The van der Waals surface area contributed by atoms with Gasteiger partial charge in [-0.3, -0.25) is 0 Å². The average Bonchev–Trinajstić information content (AvgIpc) is 2.91. The Morgan fingerprint density at radius 1 is 1.12 bits per heavy atom. The Morgan fingerprint density at radius 3 is 2.60 bits per heavy atom. The summed E-state index contributed by atoms with van der Waals surface area (Å²) in [6, 6.07) is 14.8. The van der Waals surface area contributed by atoms with Crippen LogP contribution in [0.25, 0.3) is 11.0 Å². The number of nitrogens with zero attached hydrogens (tertiary/aromatic N) is 4. The highest BCUT2D eigenvalue weighted by Gasteiger charge is 2.12. The van der Waals surface area contributed by atoms with Gasteiger partial charge >= 0.3 is 0 Å². The van der Waals surface area contributed by atoms with Crippen LogP contribution in [-0.4, -0.2) is 41.9 Å². The maximum atomic E-state index is 9.46. The molecule has 0 atom stereocenters. The summed E-state index contributed by atoms with van der Waals surface area (Å²) in [5.41, 5.74) is 5.68. The molecule has 1 heterocycles. The van der Waals surface area contributed by atoms with E-state index in [1.54, 1.807) is 0 Å². The van der Waals surface area contributed by atoms with Gasteiger partial charge in [-0.25, -0.2) is 4.98 Å². The van der Waals surface area contributed by atoms with Gasteiger partial charge in [0.1, 0.15) is 0 Å². The van der Waals surface area contributed by atoms with Gasteiger partial charge in [0.05, 0.1) is 17.6 Å². The van der Waals surface area contributed by atoms with Crippen molar-refractivity contribution < 1.29 is 5.11 Å². The van der Waals surface area contributed by atoms with Crippen molar-refractivity contribution in [2.45, 2.75) is 13.5 Å². The molecule has 3 rings (SSSR count). The van der Waals surface area contributed by atoms with E-state index in [-0.39, 0.29) is 6.61 Å². The molecule has 5 heteroatoms. The predicted octanol–water partition coefficient (Wildman–Crippen LogP) is 2.95. The number of imidazole rings is 1. The van der Waals surface area contributed by atoms with Crippen LogP contribution in [0.5, 0.6) is 0 Å². The number of aliphatic hydroxyl groups is 1. The lowest BCUT2D eigenvalue weighted by Crippen LogP contribution is -2.26. The first-order chi connectivity index (χ1) is 12.0. The SMILES string of the molecule is Cc1cccc(N(CCO)Cc2ccc3nc(N(C)C)n(C)c3c2)c1. The number of aryl methyl sites for hydroxylation is 2. The van der Waals surface area contributed by atoms with Crippen LogP contribution in [0.1, 0.15) is 11.1 Å². The van der Waals surface area contributed by atoms with Crippen LogP contribution < -0.4 is 9.80 Å². The molecule has 0 aliphatic carbocycles. The zero-order chi connectivity index (χ0) is 18.0. The van der Waals surface area contributed by atoms with Gasteiger partial charge in [-0.15, -0.1) is 0 Å². The number of rotatable bonds is 6. The van der Waals surface area contributed by atoms with Gasteiger partial charge in [-0.1, -0.05) is 18.2 Å². The molecule has 0 saturated heterocycles. The molecule has 0 amide bonds. The molecule has 0 unspecified atom stereocenters. The molecule has 132 valence electrons. The average molecular weight is 338 g/mol. The van der Waals surface area contributed by atoms with Crippen LogP contribution in [0.15, 0.2) is 42.5 Å². The molecular formula is C20H26N4O. The molecule has 0 fully saturated rings. The van der Waals surface area contributed by atoms with Crippen LogP contribution in [0, 0.1) is 6.92 Å². The van der Waals surface area contributed by atoms with Gasteiger partial charge in [-0.05, 0) is 42.3 Å². The first-order valence-corrected chi connectivity index (χ1v) is 8.54. The smallest absolute Gasteiger partial charge is 0.205 e. The summed E-state index contributed by atoms with van der Waals surface area (Å²) in [7, 11) is 6.05. The van der Waals surface area contributed by atoms with Gasteiger partial charge in [0.25, 0.3) is 0 Å². The Kier molecular flexibility index (Phi) is 4.95. The standard InChI is InChI=1S/C20H26N4O/c1-15-6-5-7-17(12-15)24(10-11-25)14-16-8-9-18-19(13-16)23(4)20(21-18)22(2)3/h5-9,12-13,25H,10-11,14H2,1-4H3. The molecule has 1 N–H and O–H groups in total. The Bertz CT molecular complexity index is 869. The maximum Gasteiger partial charge on any atom is 0.205 e. The molecule has 0 bridgehead atoms. The van der Waals surface area contributed by atoms with E-state index in [4.69, 9.17) is 0 Å². The number of hydrogen-bond donors (Lipinski definition) is 1. The van der Waals surface area contributed by atoms with Crippen molar-refractivity contribution in [1.82, 2.24) is 9.55 Å². The van der Waals surface area contributed by atoms with E-state index in [0.717, 1.165) is 29.2 Å². The largest absolute Gasteiger partial charge is 0.395 e.